The summed E-state index contributed by atoms with van der Waals surface area (Å²) in [6, 6.07) is 13.7. The van der Waals surface area contributed by atoms with Crippen molar-refractivity contribution in [2.45, 2.75) is 19.9 Å². The van der Waals surface area contributed by atoms with Crippen LogP contribution in [0.2, 0.25) is 0 Å². The molecule has 0 saturated heterocycles. The van der Waals surface area contributed by atoms with Gasteiger partial charge in [-0.25, -0.2) is 9.59 Å². The molecule has 0 saturated carbocycles. The van der Waals surface area contributed by atoms with Crippen LogP contribution in [0.15, 0.2) is 69.4 Å². The summed E-state index contributed by atoms with van der Waals surface area (Å²) in [5.41, 5.74) is 0.812. The van der Waals surface area contributed by atoms with E-state index in [0.29, 0.717) is 23.1 Å². The Morgan fingerprint density at radius 1 is 1.13 bits per heavy atom. The molecule has 0 aliphatic heterocycles. The predicted octanol–water partition coefficient (Wildman–Crippen LogP) is 2.65. The molecule has 30 heavy (non-hydrogen) atoms. The van der Waals surface area contributed by atoms with E-state index in [-0.39, 0.29) is 5.97 Å². The lowest BCUT2D eigenvalue weighted by molar-refractivity contribution is -0.146. The second-order valence-corrected chi connectivity index (χ2v) is 6.77. The first kappa shape index (κ1) is 19.4. The number of para-hydroxylation sites is 2. The lowest BCUT2D eigenvalue weighted by atomic mass is 10.2. The number of esters is 1. The molecule has 0 amide bonds. The van der Waals surface area contributed by atoms with Crippen LogP contribution in [0.3, 0.4) is 0 Å². The summed E-state index contributed by atoms with van der Waals surface area (Å²) in [5.74, 6) is -0.344. The first-order valence-corrected chi connectivity index (χ1v) is 9.56. The molecule has 0 radical (unpaired) electrons. The fourth-order valence-electron chi connectivity index (χ4n) is 3.41. The van der Waals surface area contributed by atoms with Gasteiger partial charge in [0.15, 0.2) is 0 Å². The highest BCUT2D eigenvalue weighted by atomic mass is 16.5. The highest BCUT2D eigenvalue weighted by Gasteiger charge is 2.19. The first-order valence-electron chi connectivity index (χ1n) is 9.56. The summed E-state index contributed by atoms with van der Waals surface area (Å²) < 4.78 is 7.72. The van der Waals surface area contributed by atoms with E-state index in [1.807, 2.05) is 24.3 Å². The number of carbonyl (C=O) groups is 1. The molecule has 1 N–H and O–H groups in total. The average Bonchev–Trinajstić information content (AvgIpc) is 3.12. The molecular formula is C22H20N4O4. The Balaban J connectivity index is 1.81. The van der Waals surface area contributed by atoms with Gasteiger partial charge >= 0.3 is 11.7 Å². The third kappa shape index (κ3) is 3.32. The van der Waals surface area contributed by atoms with Gasteiger partial charge in [-0.3, -0.25) is 4.79 Å². The van der Waals surface area contributed by atoms with Crippen molar-refractivity contribution in [3.05, 3.63) is 81.1 Å². The minimum absolute atomic E-state index is 0.296. The van der Waals surface area contributed by atoms with Gasteiger partial charge in [-0.1, -0.05) is 30.3 Å². The van der Waals surface area contributed by atoms with Gasteiger partial charge < -0.3 is 14.3 Å². The molecular weight excluding hydrogens is 384 g/mol. The van der Waals surface area contributed by atoms with Gasteiger partial charge in [0.05, 0.1) is 23.7 Å². The molecule has 0 aliphatic rings. The second kappa shape index (κ2) is 7.82. The maximum atomic E-state index is 12.7. The summed E-state index contributed by atoms with van der Waals surface area (Å²) in [7, 11) is 0. The molecule has 0 bridgehead atoms. The fraction of sp³-hybridized carbons (Fsp3) is 0.182. The Hall–Kier alpha value is -3.94. The van der Waals surface area contributed by atoms with Crippen LogP contribution < -0.4 is 11.2 Å². The van der Waals surface area contributed by atoms with Crippen LogP contribution in [0.5, 0.6) is 0 Å². The van der Waals surface area contributed by atoms with E-state index < -0.39 is 17.3 Å². The van der Waals surface area contributed by atoms with E-state index in [4.69, 9.17) is 4.74 Å². The normalized spacial score (nSPS) is 12.6. The summed E-state index contributed by atoms with van der Waals surface area (Å²) in [5, 5.41) is 5.34. The van der Waals surface area contributed by atoms with Gasteiger partial charge in [-0.15, -0.1) is 4.68 Å². The van der Waals surface area contributed by atoms with Crippen LogP contribution in [-0.2, 0) is 9.53 Å². The Bertz CT molecular complexity index is 1390. The largest absolute Gasteiger partial charge is 0.464 e. The topological polar surface area (TPSA) is 98.4 Å². The van der Waals surface area contributed by atoms with Crippen molar-refractivity contribution in [3.8, 4) is 0 Å². The zero-order valence-corrected chi connectivity index (χ0v) is 16.5. The molecule has 152 valence electrons. The van der Waals surface area contributed by atoms with Crippen molar-refractivity contribution < 1.29 is 9.53 Å². The highest BCUT2D eigenvalue weighted by molar-refractivity contribution is 6.00. The van der Waals surface area contributed by atoms with Crippen molar-refractivity contribution in [1.29, 1.82) is 0 Å². The Morgan fingerprint density at radius 2 is 1.83 bits per heavy atom. The summed E-state index contributed by atoms with van der Waals surface area (Å²) in [4.78, 5) is 39.9. The van der Waals surface area contributed by atoms with Crippen LogP contribution in [0.1, 0.15) is 25.5 Å². The fourth-order valence-corrected chi connectivity index (χ4v) is 3.41. The lowest BCUT2D eigenvalue weighted by Crippen LogP contribution is -2.32. The number of carbonyl (C=O) groups excluding carboxylic acids is 1. The molecule has 8 nitrogen and oxygen atoms in total. The molecule has 2 aromatic carbocycles. The van der Waals surface area contributed by atoms with Gasteiger partial charge in [0, 0.05) is 22.7 Å². The van der Waals surface area contributed by atoms with Crippen LogP contribution in [-0.4, -0.2) is 33.0 Å². The first-order chi connectivity index (χ1) is 14.5. The van der Waals surface area contributed by atoms with Gasteiger partial charge in [0.1, 0.15) is 6.04 Å². The van der Waals surface area contributed by atoms with Gasteiger partial charge in [-0.05, 0) is 32.0 Å². The maximum absolute atomic E-state index is 12.7. The standard InChI is InChI=1S/C22H20N4O4/c1-3-30-21(28)14(2)25-13-15(16-8-5-7-11-19(16)25)12-23-26-20(27)17-9-4-6-10-18(17)24-22(26)29/h4-14H,3H2,1-2H3,(H,24,29)/t14-/m1/s1. The molecule has 8 heteroatoms. The van der Waals surface area contributed by atoms with Gasteiger partial charge in [-0.2, -0.15) is 5.10 Å². The number of rotatable bonds is 5. The van der Waals surface area contributed by atoms with E-state index in [1.54, 1.807) is 48.9 Å². The molecule has 0 aliphatic carbocycles. The van der Waals surface area contributed by atoms with Gasteiger partial charge in [0.25, 0.3) is 5.56 Å². The van der Waals surface area contributed by atoms with Crippen LogP contribution in [0.4, 0.5) is 0 Å². The number of aromatic nitrogens is 3. The predicted molar refractivity (Wildman–Crippen MR) is 115 cm³/mol. The lowest BCUT2D eigenvalue weighted by Gasteiger charge is -2.13. The van der Waals surface area contributed by atoms with E-state index in [2.05, 4.69) is 10.1 Å². The van der Waals surface area contributed by atoms with E-state index >= 15 is 0 Å². The zero-order chi connectivity index (χ0) is 21.3. The van der Waals surface area contributed by atoms with Crippen LogP contribution >= 0.6 is 0 Å². The summed E-state index contributed by atoms with van der Waals surface area (Å²) in [6.45, 7) is 3.81. The Labute approximate surface area is 171 Å². The Morgan fingerprint density at radius 3 is 2.60 bits per heavy atom. The molecule has 0 unspecified atom stereocenters. The molecule has 4 rings (SSSR count). The third-order valence-corrected chi connectivity index (χ3v) is 4.91. The van der Waals surface area contributed by atoms with E-state index in [1.165, 1.54) is 6.21 Å². The average molecular weight is 404 g/mol. The highest BCUT2D eigenvalue weighted by Crippen LogP contribution is 2.24. The Kier molecular flexibility index (Phi) is 5.05. The van der Waals surface area contributed by atoms with Crippen molar-refractivity contribution in [2.75, 3.05) is 6.61 Å². The number of ether oxygens (including phenoxy) is 1. The van der Waals surface area contributed by atoms with E-state index in [0.717, 1.165) is 15.6 Å². The van der Waals surface area contributed by atoms with E-state index in [9.17, 15) is 14.4 Å². The zero-order valence-electron chi connectivity index (χ0n) is 16.5. The SMILES string of the molecule is CCOC(=O)[C@@H](C)n1cc(C=Nn2c(=O)[nH]c3ccccc3c2=O)c2ccccc21. The molecule has 4 aromatic rings. The number of fused-ring (bicyclic) bond motifs is 2. The minimum Gasteiger partial charge on any atom is -0.464 e. The molecule has 1 atom stereocenters. The van der Waals surface area contributed by atoms with Crippen molar-refractivity contribution >= 4 is 34.0 Å². The number of benzene rings is 2. The van der Waals surface area contributed by atoms with Crippen molar-refractivity contribution in [2.24, 2.45) is 5.10 Å². The van der Waals surface area contributed by atoms with Crippen LogP contribution in [0.25, 0.3) is 21.8 Å². The third-order valence-electron chi connectivity index (χ3n) is 4.91. The smallest absolute Gasteiger partial charge is 0.349 e. The quantitative estimate of drug-likeness (QED) is 0.408. The molecule has 2 heterocycles. The molecule has 0 spiro atoms. The summed E-state index contributed by atoms with van der Waals surface area (Å²) >= 11 is 0. The van der Waals surface area contributed by atoms with Crippen molar-refractivity contribution in [3.63, 3.8) is 0 Å². The number of H-pyrrole nitrogens is 1. The number of hydrogen-bond acceptors (Lipinski definition) is 5. The second-order valence-electron chi connectivity index (χ2n) is 6.77. The van der Waals surface area contributed by atoms with Crippen molar-refractivity contribution in [1.82, 2.24) is 14.2 Å². The maximum Gasteiger partial charge on any atom is 0.349 e. The number of hydrogen-bond donors (Lipinski definition) is 1. The number of nitrogens with zero attached hydrogens (tertiary/aromatic N) is 3. The molecule has 2 aromatic heterocycles. The minimum atomic E-state index is -0.626. The van der Waals surface area contributed by atoms with Gasteiger partial charge in [0.2, 0.25) is 0 Å². The monoisotopic (exact) mass is 404 g/mol. The molecule has 0 fully saturated rings. The summed E-state index contributed by atoms with van der Waals surface area (Å²) in [6.07, 6.45) is 3.21. The number of nitrogens with one attached hydrogen (secondary N) is 1. The number of aromatic amines is 1. The van der Waals surface area contributed by atoms with Crippen LogP contribution in [0, 0.1) is 0 Å².